The molecule has 0 N–H and O–H groups in total. The first-order valence-electron chi connectivity index (χ1n) is 2.23. The number of nitrogens with zero attached hydrogens (tertiary/aromatic N) is 2. The number of halogens is 1. The standard InChI is InChI=1S/C4H3N2.BrH.Mg/c1-2-5-4-6-3-1;;/h2-4H;1H;/q;;+1/p-1. The molecule has 1 aromatic rings. The van der Waals surface area contributed by atoms with Crippen LogP contribution in [0.5, 0.6) is 0 Å². The quantitative estimate of drug-likeness (QED) is 0.578. The van der Waals surface area contributed by atoms with E-state index in [4.69, 9.17) is 0 Å². The van der Waals surface area contributed by atoms with Crippen molar-refractivity contribution >= 4 is 34.8 Å². The van der Waals surface area contributed by atoms with E-state index in [1.54, 1.807) is 6.33 Å². The van der Waals surface area contributed by atoms with Crippen molar-refractivity contribution in [2.24, 2.45) is 0 Å². The lowest BCUT2D eigenvalue weighted by Crippen LogP contribution is -2.08. The minimum Gasteiger partial charge on any atom is -0.296 e. The summed E-state index contributed by atoms with van der Waals surface area (Å²) in [5, 5.41) is 0. The van der Waals surface area contributed by atoms with Gasteiger partial charge in [0, 0.05) is 12.4 Å². The van der Waals surface area contributed by atoms with Gasteiger partial charge in [0.05, 0.1) is 0 Å². The van der Waals surface area contributed by atoms with Gasteiger partial charge in [0.15, 0.2) is 0 Å². The van der Waals surface area contributed by atoms with Crippen LogP contribution >= 0.6 is 12.9 Å². The van der Waals surface area contributed by atoms with Crippen LogP contribution in [0.3, 0.4) is 0 Å². The van der Waals surface area contributed by atoms with Crippen LogP contribution in [0.4, 0.5) is 0 Å². The zero-order valence-corrected chi connectivity index (χ0v) is 7.21. The zero-order valence-electron chi connectivity index (χ0n) is 4.21. The Bertz CT molecular complexity index is 155. The average Bonchev–Trinajstić information content (AvgIpc) is 1.90. The predicted octanol–water partition coefficient (Wildman–Crippen LogP) is 0.116. The van der Waals surface area contributed by atoms with Crippen LogP contribution in [0.2, 0.25) is 0 Å². The maximum atomic E-state index is 3.85. The van der Waals surface area contributed by atoms with Gasteiger partial charge in [0.25, 0.3) is 0 Å². The molecule has 0 saturated heterocycles. The third-order valence-electron chi connectivity index (χ3n) is 0.768. The Morgan fingerprint density at radius 3 is 2.38 bits per heavy atom. The molecule has 0 bridgehead atoms. The Labute approximate surface area is 63.3 Å². The van der Waals surface area contributed by atoms with E-state index in [1.807, 2.05) is 12.4 Å². The molecule has 0 atom stereocenters. The fourth-order valence-electron chi connectivity index (χ4n) is 0.399. The van der Waals surface area contributed by atoms with E-state index in [9.17, 15) is 0 Å². The van der Waals surface area contributed by atoms with Gasteiger partial charge in [-0.3, -0.25) is 12.9 Å². The van der Waals surface area contributed by atoms with Gasteiger partial charge in [-0.2, -0.15) is 0 Å². The Balaban J connectivity index is 2.83. The van der Waals surface area contributed by atoms with Gasteiger partial charge in [-0.15, -0.1) is 3.69 Å². The van der Waals surface area contributed by atoms with Crippen molar-refractivity contribution in [3.63, 3.8) is 0 Å². The van der Waals surface area contributed by atoms with Gasteiger partial charge < -0.3 is 0 Å². The van der Waals surface area contributed by atoms with Crippen molar-refractivity contribution in [1.82, 2.24) is 9.97 Å². The molecule has 0 aliphatic carbocycles. The molecule has 1 aromatic heterocycles. The lowest BCUT2D eigenvalue weighted by molar-refractivity contribution is 1.19. The van der Waals surface area contributed by atoms with Crippen molar-refractivity contribution in [3.8, 4) is 0 Å². The number of rotatable bonds is 1. The van der Waals surface area contributed by atoms with Crippen molar-refractivity contribution < 1.29 is 0 Å². The SMILES string of the molecule is [Br][Mg][c]1cncnc1. The molecule has 0 unspecified atom stereocenters. The fraction of sp³-hybridized carbons (Fsp3) is 0. The summed E-state index contributed by atoms with van der Waals surface area (Å²) >= 11 is 3.20. The van der Waals surface area contributed by atoms with Crippen LogP contribution in [0.15, 0.2) is 18.7 Å². The Morgan fingerprint density at radius 2 is 2.00 bits per heavy atom. The highest BCUT2D eigenvalue weighted by molar-refractivity contribution is 9.23. The summed E-state index contributed by atoms with van der Waals surface area (Å²) < 4.78 is 1.24. The van der Waals surface area contributed by atoms with Crippen LogP contribution in [0.25, 0.3) is 0 Å². The second-order valence-corrected chi connectivity index (χ2v) is 4.15. The maximum absolute atomic E-state index is 3.85. The van der Waals surface area contributed by atoms with E-state index in [2.05, 4.69) is 22.9 Å². The molecule has 0 fully saturated rings. The molecular formula is C4H3BrMgN2. The van der Waals surface area contributed by atoms with Crippen LogP contribution in [-0.2, 0) is 0 Å². The van der Waals surface area contributed by atoms with E-state index in [0.717, 1.165) is 0 Å². The molecule has 38 valence electrons. The monoisotopic (exact) mass is 182 g/mol. The molecule has 0 aliphatic rings. The van der Waals surface area contributed by atoms with Crippen molar-refractivity contribution in [2.75, 3.05) is 0 Å². The van der Waals surface area contributed by atoms with Crippen molar-refractivity contribution in [2.45, 2.75) is 0 Å². The summed E-state index contributed by atoms with van der Waals surface area (Å²) in [7, 11) is 0. The lowest BCUT2D eigenvalue weighted by Gasteiger charge is -1.86. The minimum atomic E-state index is -0.221. The smallest absolute Gasteiger partial charge is 0.296 e. The van der Waals surface area contributed by atoms with E-state index in [0.29, 0.717) is 0 Å². The number of hydrogen-bond acceptors (Lipinski definition) is 2. The number of hydrogen-bond donors (Lipinski definition) is 0. The molecule has 0 amide bonds. The highest BCUT2D eigenvalue weighted by Crippen LogP contribution is 1.74. The zero-order chi connectivity index (χ0) is 5.82. The van der Waals surface area contributed by atoms with Gasteiger partial charge in [-0.05, 0) is 0 Å². The van der Waals surface area contributed by atoms with Crippen LogP contribution in [0, 0.1) is 0 Å². The van der Waals surface area contributed by atoms with Crippen molar-refractivity contribution in [1.29, 1.82) is 0 Å². The van der Waals surface area contributed by atoms with E-state index < -0.39 is 0 Å². The highest BCUT2D eigenvalue weighted by Gasteiger charge is 1.90. The largest absolute Gasteiger partial charge is 0.511 e. The van der Waals surface area contributed by atoms with Crippen LogP contribution in [0.1, 0.15) is 0 Å². The van der Waals surface area contributed by atoms with Gasteiger partial charge >= 0.3 is 18.2 Å². The van der Waals surface area contributed by atoms with Gasteiger partial charge in [-0.25, -0.2) is 9.97 Å². The molecule has 0 spiro atoms. The summed E-state index contributed by atoms with van der Waals surface area (Å²) in [4.78, 5) is 7.70. The first kappa shape index (κ1) is 6.45. The van der Waals surface area contributed by atoms with Crippen LogP contribution in [-0.4, -0.2) is 28.2 Å². The van der Waals surface area contributed by atoms with Gasteiger partial charge in [-0.1, -0.05) is 0 Å². The van der Waals surface area contributed by atoms with Crippen molar-refractivity contribution in [3.05, 3.63) is 18.7 Å². The first-order valence-corrected chi connectivity index (χ1v) is 6.84. The Hall–Kier alpha value is 0.326. The van der Waals surface area contributed by atoms with Gasteiger partial charge in [0.1, 0.15) is 6.33 Å². The summed E-state index contributed by atoms with van der Waals surface area (Å²) in [5.41, 5.74) is 0. The molecule has 0 saturated carbocycles. The number of aromatic nitrogens is 2. The van der Waals surface area contributed by atoms with E-state index >= 15 is 0 Å². The average molecular weight is 183 g/mol. The fourth-order valence-corrected chi connectivity index (χ4v) is 1.62. The molecule has 0 aromatic carbocycles. The molecule has 0 aliphatic heterocycles. The second-order valence-electron chi connectivity index (χ2n) is 1.38. The summed E-state index contributed by atoms with van der Waals surface area (Å²) in [5.74, 6) is 0. The van der Waals surface area contributed by atoms with E-state index in [-0.39, 0.29) is 18.2 Å². The molecule has 1 heterocycles. The molecule has 0 radical (unpaired) electrons. The molecular weight excluding hydrogens is 180 g/mol. The second kappa shape index (κ2) is 3.37. The molecule has 4 heteroatoms. The molecule has 2 nitrogen and oxygen atoms in total. The van der Waals surface area contributed by atoms with Gasteiger partial charge in [0.2, 0.25) is 0 Å². The normalized spacial score (nSPS) is 8.12. The highest BCUT2D eigenvalue weighted by atomic mass is 79.9. The Kier molecular flexibility index (Phi) is 2.72. The van der Waals surface area contributed by atoms with Crippen LogP contribution < -0.4 is 3.69 Å². The summed E-state index contributed by atoms with van der Waals surface area (Å²) in [6.45, 7) is 0. The first-order chi connectivity index (χ1) is 3.93. The predicted molar refractivity (Wildman–Crippen MR) is 36.3 cm³/mol. The minimum absolute atomic E-state index is 0.221. The summed E-state index contributed by atoms with van der Waals surface area (Å²) in [6, 6.07) is 0. The third-order valence-corrected chi connectivity index (χ3v) is 3.38. The van der Waals surface area contributed by atoms with E-state index in [1.165, 1.54) is 3.69 Å². The summed E-state index contributed by atoms with van der Waals surface area (Å²) in [6.07, 6.45) is 5.22. The molecule has 8 heavy (non-hydrogen) atoms. The molecule has 1 rings (SSSR count). The maximum Gasteiger partial charge on any atom is 0.511 e. The Morgan fingerprint density at radius 1 is 1.38 bits per heavy atom. The lowest BCUT2D eigenvalue weighted by atomic mass is 10.7. The topological polar surface area (TPSA) is 25.8 Å². The third kappa shape index (κ3) is 1.68.